The van der Waals surface area contributed by atoms with Crippen molar-refractivity contribution in [3.63, 3.8) is 0 Å². The zero-order valence-electron chi connectivity index (χ0n) is 5.47. The minimum Gasteiger partial charge on any atom is -0.398 e. The Bertz CT molecular complexity index is 299. The van der Waals surface area contributed by atoms with E-state index in [-0.39, 0.29) is 11.3 Å². The Kier molecular flexibility index (Phi) is 1.85. The first-order valence-electron chi connectivity index (χ1n) is 2.85. The van der Waals surface area contributed by atoms with E-state index < -0.39 is 11.6 Å². The number of benzene rings is 1. The van der Waals surface area contributed by atoms with Crippen LogP contribution in [0.2, 0.25) is 0 Å². The largest absolute Gasteiger partial charge is 0.398 e. The molecule has 0 fully saturated rings. The van der Waals surface area contributed by atoms with Gasteiger partial charge in [-0.1, -0.05) is 0 Å². The van der Waals surface area contributed by atoms with E-state index in [9.17, 15) is 13.6 Å². The maximum absolute atomic E-state index is 12.4. The predicted octanol–water partition coefficient (Wildman–Crippen LogP) is 1.36. The van der Waals surface area contributed by atoms with E-state index in [0.29, 0.717) is 6.29 Å². The first-order chi connectivity index (χ1) is 5.15. The van der Waals surface area contributed by atoms with Gasteiger partial charge in [0, 0.05) is 17.3 Å². The predicted molar refractivity (Wildman–Crippen MR) is 36.2 cm³/mol. The lowest BCUT2D eigenvalue weighted by molar-refractivity contribution is 0.112. The van der Waals surface area contributed by atoms with Gasteiger partial charge in [-0.25, -0.2) is 8.78 Å². The van der Waals surface area contributed by atoms with Crippen LogP contribution < -0.4 is 5.73 Å². The maximum Gasteiger partial charge on any atom is 0.160 e. The highest BCUT2D eigenvalue weighted by Gasteiger charge is 2.05. The number of hydrogen-bond donors (Lipinski definition) is 1. The van der Waals surface area contributed by atoms with Crippen LogP contribution in [0.15, 0.2) is 12.1 Å². The molecule has 2 N–H and O–H groups in total. The van der Waals surface area contributed by atoms with Gasteiger partial charge in [0.2, 0.25) is 0 Å². The quantitative estimate of drug-likeness (QED) is 0.494. The minimum atomic E-state index is -1.07. The molecule has 0 aromatic heterocycles. The number of halogens is 2. The first kappa shape index (κ1) is 7.65. The molecule has 11 heavy (non-hydrogen) atoms. The van der Waals surface area contributed by atoms with Gasteiger partial charge in [0.25, 0.3) is 0 Å². The summed E-state index contributed by atoms with van der Waals surface area (Å²) in [7, 11) is 0. The Balaban J connectivity index is 3.31. The Morgan fingerprint density at radius 3 is 2.36 bits per heavy atom. The zero-order chi connectivity index (χ0) is 8.43. The molecular weight excluding hydrogens is 152 g/mol. The van der Waals surface area contributed by atoms with Gasteiger partial charge in [-0.3, -0.25) is 4.79 Å². The van der Waals surface area contributed by atoms with Crippen LogP contribution in [0.25, 0.3) is 0 Å². The zero-order valence-corrected chi connectivity index (χ0v) is 5.47. The van der Waals surface area contributed by atoms with Gasteiger partial charge in [-0.15, -0.1) is 0 Å². The van der Waals surface area contributed by atoms with E-state index in [0.717, 1.165) is 12.1 Å². The molecule has 0 atom stereocenters. The molecule has 0 radical (unpaired) electrons. The van der Waals surface area contributed by atoms with Crippen LogP contribution in [0.4, 0.5) is 14.5 Å². The van der Waals surface area contributed by atoms with Crippen molar-refractivity contribution in [1.82, 2.24) is 0 Å². The SMILES string of the molecule is Nc1cc(F)c(F)cc1C=O. The van der Waals surface area contributed by atoms with Gasteiger partial charge in [-0.2, -0.15) is 0 Å². The monoisotopic (exact) mass is 157 g/mol. The topological polar surface area (TPSA) is 43.1 Å². The Labute approximate surface area is 61.6 Å². The number of anilines is 1. The standard InChI is InChI=1S/C7H5F2NO/c8-5-1-4(3-11)7(10)2-6(5)9/h1-3H,10H2. The number of nitrogens with two attached hydrogens (primary N) is 1. The lowest BCUT2D eigenvalue weighted by Gasteiger charge is -1.98. The highest BCUT2D eigenvalue weighted by atomic mass is 19.2. The molecular formula is C7H5F2NO. The smallest absolute Gasteiger partial charge is 0.160 e. The fraction of sp³-hybridized carbons (Fsp3) is 0. The molecule has 0 aliphatic rings. The molecule has 1 aromatic rings. The molecule has 0 aliphatic carbocycles. The molecule has 0 saturated carbocycles. The van der Waals surface area contributed by atoms with Gasteiger partial charge in [0.05, 0.1) is 0 Å². The Hall–Kier alpha value is -1.45. The van der Waals surface area contributed by atoms with Gasteiger partial charge in [0.1, 0.15) is 0 Å². The molecule has 2 nitrogen and oxygen atoms in total. The maximum atomic E-state index is 12.4. The van der Waals surface area contributed by atoms with E-state index >= 15 is 0 Å². The average Bonchev–Trinajstić information content (AvgIpc) is 1.97. The third-order valence-electron chi connectivity index (χ3n) is 1.25. The number of aldehydes is 1. The summed E-state index contributed by atoms with van der Waals surface area (Å²) in [5.41, 5.74) is 5.07. The van der Waals surface area contributed by atoms with Crippen molar-refractivity contribution in [3.05, 3.63) is 29.3 Å². The minimum absolute atomic E-state index is 0.0381. The number of carbonyl (C=O) groups is 1. The molecule has 1 rings (SSSR count). The highest BCUT2D eigenvalue weighted by molar-refractivity contribution is 5.83. The van der Waals surface area contributed by atoms with Crippen molar-refractivity contribution < 1.29 is 13.6 Å². The van der Waals surface area contributed by atoms with Crippen molar-refractivity contribution >= 4 is 12.0 Å². The van der Waals surface area contributed by atoms with E-state index in [4.69, 9.17) is 5.73 Å². The number of carbonyl (C=O) groups excluding carboxylic acids is 1. The van der Waals surface area contributed by atoms with Crippen molar-refractivity contribution in [2.24, 2.45) is 0 Å². The number of rotatable bonds is 1. The summed E-state index contributed by atoms with van der Waals surface area (Å²) in [6.45, 7) is 0. The summed E-state index contributed by atoms with van der Waals surface area (Å²) in [5, 5.41) is 0. The van der Waals surface area contributed by atoms with E-state index in [1.165, 1.54) is 0 Å². The van der Waals surface area contributed by atoms with Crippen LogP contribution in [-0.2, 0) is 0 Å². The fourth-order valence-electron chi connectivity index (χ4n) is 0.680. The van der Waals surface area contributed by atoms with Gasteiger partial charge in [0.15, 0.2) is 17.9 Å². The van der Waals surface area contributed by atoms with Crippen LogP contribution >= 0.6 is 0 Å². The molecule has 1 aromatic carbocycles. The van der Waals surface area contributed by atoms with Crippen molar-refractivity contribution in [1.29, 1.82) is 0 Å². The lowest BCUT2D eigenvalue weighted by Crippen LogP contribution is -1.96. The Morgan fingerprint density at radius 1 is 1.27 bits per heavy atom. The molecule has 4 heteroatoms. The molecule has 0 heterocycles. The summed E-state index contributed by atoms with van der Waals surface area (Å²) in [4.78, 5) is 10.1. The summed E-state index contributed by atoms with van der Waals surface area (Å²) >= 11 is 0. The fourth-order valence-corrected chi connectivity index (χ4v) is 0.680. The first-order valence-corrected chi connectivity index (χ1v) is 2.85. The molecule has 0 unspecified atom stereocenters. The van der Waals surface area contributed by atoms with E-state index in [2.05, 4.69) is 0 Å². The Morgan fingerprint density at radius 2 is 1.82 bits per heavy atom. The van der Waals surface area contributed by atoms with Gasteiger partial charge in [-0.05, 0) is 6.07 Å². The average molecular weight is 157 g/mol. The summed E-state index contributed by atoms with van der Waals surface area (Å²) < 4.78 is 24.7. The second kappa shape index (κ2) is 2.65. The van der Waals surface area contributed by atoms with E-state index in [1.54, 1.807) is 0 Å². The molecule has 58 valence electrons. The summed E-state index contributed by atoms with van der Waals surface area (Å²) in [5.74, 6) is -2.12. The normalized spacial score (nSPS) is 9.64. The molecule has 0 saturated heterocycles. The summed E-state index contributed by atoms with van der Waals surface area (Å²) in [6.07, 6.45) is 0.373. The third-order valence-corrected chi connectivity index (χ3v) is 1.25. The second-order valence-corrected chi connectivity index (χ2v) is 2.01. The van der Waals surface area contributed by atoms with Crippen LogP contribution in [0.1, 0.15) is 10.4 Å². The number of hydrogen-bond acceptors (Lipinski definition) is 2. The second-order valence-electron chi connectivity index (χ2n) is 2.01. The van der Waals surface area contributed by atoms with E-state index in [1.807, 2.05) is 0 Å². The van der Waals surface area contributed by atoms with Crippen molar-refractivity contribution in [2.75, 3.05) is 5.73 Å². The lowest BCUT2D eigenvalue weighted by atomic mass is 10.2. The van der Waals surface area contributed by atoms with Crippen molar-refractivity contribution in [3.8, 4) is 0 Å². The summed E-state index contributed by atoms with van der Waals surface area (Å²) in [6, 6.07) is 1.54. The molecule has 0 spiro atoms. The van der Waals surface area contributed by atoms with Crippen LogP contribution in [0.5, 0.6) is 0 Å². The molecule has 0 amide bonds. The third kappa shape index (κ3) is 1.34. The van der Waals surface area contributed by atoms with Gasteiger partial charge >= 0.3 is 0 Å². The van der Waals surface area contributed by atoms with Crippen LogP contribution in [0, 0.1) is 11.6 Å². The highest BCUT2D eigenvalue weighted by Crippen LogP contribution is 2.14. The van der Waals surface area contributed by atoms with Crippen LogP contribution in [0.3, 0.4) is 0 Å². The van der Waals surface area contributed by atoms with Crippen LogP contribution in [-0.4, -0.2) is 6.29 Å². The molecule has 0 bridgehead atoms. The van der Waals surface area contributed by atoms with Gasteiger partial charge < -0.3 is 5.73 Å². The number of nitrogen functional groups attached to an aromatic ring is 1. The van der Waals surface area contributed by atoms with Crippen molar-refractivity contribution in [2.45, 2.75) is 0 Å². The molecule has 0 aliphatic heterocycles.